The van der Waals surface area contributed by atoms with Crippen LogP contribution in [0.25, 0.3) is 6.08 Å². The molecule has 0 aromatic heterocycles. The standard InChI is InChI=1S/C12H13FO/c1-3-10-7-9(5-6-12(10)13)8-11(14)4-2/h4-8,14H,2-3H2,1H3/b11-8+. The highest BCUT2D eigenvalue weighted by molar-refractivity contribution is 5.54. The van der Waals surface area contributed by atoms with Gasteiger partial charge in [-0.2, -0.15) is 0 Å². The van der Waals surface area contributed by atoms with Gasteiger partial charge in [0, 0.05) is 0 Å². The van der Waals surface area contributed by atoms with Crippen molar-refractivity contribution in [2.45, 2.75) is 13.3 Å². The van der Waals surface area contributed by atoms with E-state index in [4.69, 9.17) is 0 Å². The largest absolute Gasteiger partial charge is 0.508 e. The van der Waals surface area contributed by atoms with Gasteiger partial charge in [-0.1, -0.05) is 19.6 Å². The van der Waals surface area contributed by atoms with Crippen LogP contribution in [-0.4, -0.2) is 5.11 Å². The number of allylic oxidation sites excluding steroid dienone is 1. The van der Waals surface area contributed by atoms with Gasteiger partial charge in [-0.15, -0.1) is 0 Å². The SMILES string of the molecule is C=C/C(O)=C\c1ccc(F)c(CC)c1. The Kier molecular flexibility index (Phi) is 3.46. The van der Waals surface area contributed by atoms with Gasteiger partial charge in [-0.3, -0.25) is 0 Å². The summed E-state index contributed by atoms with van der Waals surface area (Å²) in [5.74, 6) is -0.124. The van der Waals surface area contributed by atoms with Crippen LogP contribution in [0.3, 0.4) is 0 Å². The van der Waals surface area contributed by atoms with Crippen molar-refractivity contribution in [1.82, 2.24) is 0 Å². The highest BCUT2D eigenvalue weighted by atomic mass is 19.1. The third-order valence-electron chi connectivity index (χ3n) is 1.97. The van der Waals surface area contributed by atoms with Gasteiger partial charge >= 0.3 is 0 Å². The lowest BCUT2D eigenvalue weighted by Crippen LogP contribution is -1.88. The van der Waals surface area contributed by atoms with Crippen LogP contribution >= 0.6 is 0 Å². The van der Waals surface area contributed by atoms with Crippen LogP contribution in [0.5, 0.6) is 0 Å². The zero-order valence-electron chi connectivity index (χ0n) is 8.13. The number of aliphatic hydroxyl groups excluding tert-OH is 1. The van der Waals surface area contributed by atoms with Crippen molar-refractivity contribution in [1.29, 1.82) is 0 Å². The summed E-state index contributed by atoms with van der Waals surface area (Å²) in [4.78, 5) is 0. The smallest absolute Gasteiger partial charge is 0.126 e. The van der Waals surface area contributed by atoms with Crippen LogP contribution in [-0.2, 0) is 6.42 Å². The second-order valence-corrected chi connectivity index (χ2v) is 2.98. The summed E-state index contributed by atoms with van der Waals surface area (Å²) in [7, 11) is 0. The fraction of sp³-hybridized carbons (Fsp3) is 0.167. The van der Waals surface area contributed by atoms with E-state index in [0.717, 1.165) is 5.56 Å². The summed E-state index contributed by atoms with van der Waals surface area (Å²) in [5, 5.41) is 9.19. The fourth-order valence-corrected chi connectivity index (χ4v) is 1.19. The maximum Gasteiger partial charge on any atom is 0.126 e. The third-order valence-corrected chi connectivity index (χ3v) is 1.97. The van der Waals surface area contributed by atoms with Gasteiger partial charge in [0.15, 0.2) is 0 Å². The lowest BCUT2D eigenvalue weighted by Gasteiger charge is -2.01. The Morgan fingerprint density at radius 3 is 2.86 bits per heavy atom. The minimum absolute atomic E-state index is 0.0821. The van der Waals surface area contributed by atoms with Crippen LogP contribution in [0.1, 0.15) is 18.1 Å². The van der Waals surface area contributed by atoms with Gasteiger partial charge in [0.25, 0.3) is 0 Å². The van der Waals surface area contributed by atoms with Crippen molar-refractivity contribution in [3.05, 3.63) is 53.6 Å². The quantitative estimate of drug-likeness (QED) is 0.574. The number of halogens is 1. The maximum absolute atomic E-state index is 13.1. The second kappa shape index (κ2) is 4.61. The zero-order chi connectivity index (χ0) is 10.6. The van der Waals surface area contributed by atoms with Crippen molar-refractivity contribution in [3.8, 4) is 0 Å². The van der Waals surface area contributed by atoms with E-state index in [9.17, 15) is 9.50 Å². The van der Waals surface area contributed by atoms with E-state index in [2.05, 4.69) is 6.58 Å². The molecule has 0 aliphatic rings. The minimum Gasteiger partial charge on any atom is -0.508 e. The fourth-order valence-electron chi connectivity index (χ4n) is 1.19. The van der Waals surface area contributed by atoms with Gasteiger partial charge in [0.2, 0.25) is 0 Å². The molecular formula is C12H13FO. The lowest BCUT2D eigenvalue weighted by atomic mass is 10.1. The summed E-state index contributed by atoms with van der Waals surface area (Å²) in [6.07, 6.45) is 3.53. The zero-order valence-corrected chi connectivity index (χ0v) is 8.13. The molecule has 0 aliphatic heterocycles. The van der Waals surface area contributed by atoms with Crippen molar-refractivity contribution in [2.75, 3.05) is 0 Å². The molecule has 0 atom stereocenters. The highest BCUT2D eigenvalue weighted by Gasteiger charge is 2.00. The van der Waals surface area contributed by atoms with E-state index >= 15 is 0 Å². The van der Waals surface area contributed by atoms with Crippen LogP contribution in [0.15, 0.2) is 36.6 Å². The molecule has 0 saturated heterocycles. The summed E-state index contributed by atoms with van der Waals surface area (Å²) >= 11 is 0. The van der Waals surface area contributed by atoms with Crippen LogP contribution in [0, 0.1) is 5.82 Å². The van der Waals surface area contributed by atoms with Gasteiger partial charge < -0.3 is 5.11 Å². The number of hydrogen-bond acceptors (Lipinski definition) is 1. The Morgan fingerprint density at radius 1 is 1.57 bits per heavy atom. The van der Waals surface area contributed by atoms with Crippen molar-refractivity contribution in [2.24, 2.45) is 0 Å². The Bertz CT molecular complexity index is 367. The first-order chi connectivity index (χ1) is 6.67. The van der Waals surface area contributed by atoms with E-state index in [1.54, 1.807) is 18.2 Å². The average Bonchev–Trinajstić information content (AvgIpc) is 2.20. The molecule has 0 amide bonds. The first-order valence-corrected chi connectivity index (χ1v) is 4.49. The number of benzene rings is 1. The van der Waals surface area contributed by atoms with Crippen LogP contribution < -0.4 is 0 Å². The number of aryl methyl sites for hydroxylation is 1. The molecule has 0 unspecified atom stereocenters. The monoisotopic (exact) mass is 192 g/mol. The van der Waals surface area contributed by atoms with E-state index in [1.165, 1.54) is 12.1 Å². The Hall–Kier alpha value is -1.57. The minimum atomic E-state index is -0.206. The number of aliphatic hydroxyl groups is 1. The summed E-state index contributed by atoms with van der Waals surface area (Å²) in [6.45, 7) is 5.31. The molecule has 1 N–H and O–H groups in total. The highest BCUT2D eigenvalue weighted by Crippen LogP contribution is 2.13. The molecular weight excluding hydrogens is 179 g/mol. The van der Waals surface area contributed by atoms with E-state index < -0.39 is 0 Å². The van der Waals surface area contributed by atoms with Crippen molar-refractivity contribution >= 4 is 6.08 Å². The molecule has 0 aliphatic carbocycles. The van der Waals surface area contributed by atoms with Gasteiger partial charge in [0.1, 0.15) is 11.6 Å². The van der Waals surface area contributed by atoms with E-state index in [1.807, 2.05) is 6.92 Å². The third kappa shape index (κ3) is 2.46. The van der Waals surface area contributed by atoms with E-state index in [0.29, 0.717) is 12.0 Å². The average molecular weight is 192 g/mol. The molecule has 1 aromatic carbocycles. The maximum atomic E-state index is 13.1. The normalized spacial score (nSPS) is 11.4. The molecule has 1 aromatic rings. The van der Waals surface area contributed by atoms with Gasteiger partial charge in [0.05, 0.1) is 0 Å². The topological polar surface area (TPSA) is 20.2 Å². The first kappa shape index (κ1) is 10.5. The lowest BCUT2D eigenvalue weighted by molar-refractivity contribution is 0.438. The molecule has 14 heavy (non-hydrogen) atoms. The molecule has 0 heterocycles. The predicted octanol–water partition coefficient (Wildman–Crippen LogP) is 3.47. The second-order valence-electron chi connectivity index (χ2n) is 2.98. The number of rotatable bonds is 3. The molecule has 2 heteroatoms. The Labute approximate surface area is 83.2 Å². The van der Waals surface area contributed by atoms with Crippen LogP contribution in [0.4, 0.5) is 4.39 Å². The van der Waals surface area contributed by atoms with Crippen LogP contribution in [0.2, 0.25) is 0 Å². The molecule has 0 radical (unpaired) electrons. The summed E-state index contributed by atoms with van der Waals surface area (Å²) in [5.41, 5.74) is 1.43. The van der Waals surface area contributed by atoms with Gasteiger partial charge in [-0.05, 0) is 41.8 Å². The Morgan fingerprint density at radius 2 is 2.29 bits per heavy atom. The molecule has 0 saturated carbocycles. The molecule has 0 spiro atoms. The van der Waals surface area contributed by atoms with Gasteiger partial charge in [-0.25, -0.2) is 4.39 Å². The summed E-state index contributed by atoms with van der Waals surface area (Å²) < 4.78 is 13.1. The van der Waals surface area contributed by atoms with Crippen molar-refractivity contribution < 1.29 is 9.50 Å². The molecule has 74 valence electrons. The molecule has 1 nitrogen and oxygen atoms in total. The van der Waals surface area contributed by atoms with Crippen molar-refractivity contribution in [3.63, 3.8) is 0 Å². The first-order valence-electron chi connectivity index (χ1n) is 4.49. The summed E-state index contributed by atoms with van der Waals surface area (Å²) in [6, 6.07) is 4.74. The Balaban J connectivity index is 3.06. The predicted molar refractivity (Wildman–Crippen MR) is 56.6 cm³/mol. The van der Waals surface area contributed by atoms with E-state index in [-0.39, 0.29) is 11.6 Å². The number of hydrogen-bond donors (Lipinski definition) is 1. The molecule has 0 bridgehead atoms. The molecule has 1 rings (SSSR count). The molecule has 0 fully saturated rings.